The molecule has 0 atom stereocenters. The Morgan fingerprint density at radius 3 is 2.57 bits per heavy atom. The molecule has 0 unspecified atom stereocenters. The van der Waals surface area contributed by atoms with Gasteiger partial charge in [-0.3, -0.25) is 19.6 Å². The number of carbonyl (C=O) groups excluding carboxylic acids is 2. The Morgan fingerprint density at radius 2 is 1.95 bits per heavy atom. The number of nitrogens with one attached hydrogen (secondary N) is 1. The minimum atomic E-state index is -0.435. The van der Waals surface area contributed by atoms with Gasteiger partial charge in [0.15, 0.2) is 11.9 Å². The van der Waals surface area contributed by atoms with Crippen molar-refractivity contribution in [3.05, 3.63) is 65.5 Å². The van der Waals surface area contributed by atoms with E-state index in [2.05, 4.69) is 39.0 Å². The molecular weight excluding hydrogens is 473 g/mol. The van der Waals surface area contributed by atoms with Crippen LogP contribution in [0.5, 0.6) is 0 Å². The molecule has 5 rings (SSSR count). The number of imidazole rings is 1. The van der Waals surface area contributed by atoms with Crippen LogP contribution in [0.1, 0.15) is 55.2 Å². The lowest BCUT2D eigenvalue weighted by Crippen LogP contribution is -2.61. The van der Waals surface area contributed by atoms with Crippen molar-refractivity contribution < 1.29 is 14.0 Å². The van der Waals surface area contributed by atoms with Crippen molar-refractivity contribution in [3.8, 4) is 11.3 Å². The number of fused-ring (bicyclic) bond motifs is 1. The van der Waals surface area contributed by atoms with Gasteiger partial charge in [-0.2, -0.15) is 10.2 Å². The number of carbonyl (C=O) groups is 2. The Kier molecular flexibility index (Phi) is 7.22. The molecule has 4 heterocycles. The molecule has 1 fully saturated rings. The van der Waals surface area contributed by atoms with Gasteiger partial charge in [0.1, 0.15) is 11.5 Å². The van der Waals surface area contributed by atoms with E-state index in [1.54, 1.807) is 47.1 Å². The summed E-state index contributed by atoms with van der Waals surface area (Å²) in [5.74, 6) is 0.116. The number of hydrogen-bond acceptors (Lipinski definition) is 6. The number of anilines is 1. The van der Waals surface area contributed by atoms with E-state index in [0.29, 0.717) is 23.2 Å². The number of nitrogens with zero attached hydrogens (tertiary/aromatic N) is 6. The van der Waals surface area contributed by atoms with Crippen LogP contribution in [0.2, 0.25) is 0 Å². The van der Waals surface area contributed by atoms with Crippen LogP contribution in [-0.4, -0.2) is 67.6 Å². The Labute approximate surface area is 215 Å². The van der Waals surface area contributed by atoms with Gasteiger partial charge in [-0.15, -0.1) is 0 Å². The Balaban J connectivity index is 0.000000186. The standard InChI is InChI=1S/C17H16FN3O.C10H16N4O/c1-10(2)14-7-16(12-4-5-15(18)11(3)6-12)20-21-8-13(9-22)19-17(14)21;1-10(2)9(15)14(5-4-13(10)3)8-6-11-12-7-8/h4-10H,1-3H3;6-7H,4-5H2,1-3H3,(H,11,12). The molecule has 9 nitrogen and oxygen atoms in total. The van der Waals surface area contributed by atoms with E-state index in [0.717, 1.165) is 35.6 Å². The Hall–Kier alpha value is -3.92. The summed E-state index contributed by atoms with van der Waals surface area (Å²) in [6, 6.07) is 6.87. The number of aromatic amines is 1. The maximum absolute atomic E-state index is 13.4. The predicted molar refractivity (Wildman–Crippen MR) is 140 cm³/mol. The third-order valence-corrected chi connectivity index (χ3v) is 6.85. The van der Waals surface area contributed by atoms with Gasteiger partial charge < -0.3 is 4.90 Å². The Morgan fingerprint density at radius 1 is 1.19 bits per heavy atom. The van der Waals surface area contributed by atoms with Gasteiger partial charge in [-0.25, -0.2) is 13.9 Å². The second-order valence-corrected chi connectivity index (χ2v) is 10.0. The largest absolute Gasteiger partial charge is 0.307 e. The van der Waals surface area contributed by atoms with Gasteiger partial charge in [0.25, 0.3) is 0 Å². The lowest BCUT2D eigenvalue weighted by Gasteiger charge is -2.43. The molecule has 1 aromatic carbocycles. The summed E-state index contributed by atoms with van der Waals surface area (Å²) in [7, 11) is 1.98. The van der Waals surface area contributed by atoms with Gasteiger partial charge in [0.05, 0.1) is 29.3 Å². The van der Waals surface area contributed by atoms with Crippen molar-refractivity contribution in [3.63, 3.8) is 0 Å². The van der Waals surface area contributed by atoms with Crippen LogP contribution < -0.4 is 4.90 Å². The third-order valence-electron chi connectivity index (χ3n) is 6.85. The summed E-state index contributed by atoms with van der Waals surface area (Å²) in [6.45, 7) is 11.3. The number of likely N-dealkylation sites (N-methyl/N-ethyl adjacent to an activating group) is 1. The predicted octanol–water partition coefficient (Wildman–Crippen LogP) is 4.25. The van der Waals surface area contributed by atoms with Crippen molar-refractivity contribution in [2.45, 2.75) is 46.1 Å². The number of halogens is 1. The summed E-state index contributed by atoms with van der Waals surface area (Å²) in [4.78, 5) is 31.3. The molecule has 0 aliphatic carbocycles. The minimum Gasteiger partial charge on any atom is -0.307 e. The van der Waals surface area contributed by atoms with Crippen LogP contribution in [0, 0.1) is 12.7 Å². The molecule has 1 N–H and O–H groups in total. The first-order chi connectivity index (χ1) is 17.5. The lowest BCUT2D eigenvalue weighted by molar-refractivity contribution is -0.130. The van der Waals surface area contributed by atoms with Crippen molar-refractivity contribution in [2.75, 3.05) is 25.0 Å². The molecule has 1 aliphatic rings. The second-order valence-electron chi connectivity index (χ2n) is 10.0. The van der Waals surface area contributed by atoms with Crippen molar-refractivity contribution in [2.24, 2.45) is 0 Å². The van der Waals surface area contributed by atoms with Crippen LogP contribution in [-0.2, 0) is 4.79 Å². The molecule has 1 saturated heterocycles. The Bertz CT molecular complexity index is 1430. The second kappa shape index (κ2) is 10.2. The van der Waals surface area contributed by atoms with E-state index < -0.39 is 5.54 Å². The fourth-order valence-electron chi connectivity index (χ4n) is 4.21. The van der Waals surface area contributed by atoms with Gasteiger partial charge in [-0.1, -0.05) is 13.8 Å². The molecule has 194 valence electrons. The molecule has 0 radical (unpaired) electrons. The zero-order valence-electron chi connectivity index (χ0n) is 22.0. The lowest BCUT2D eigenvalue weighted by atomic mass is 9.98. The molecule has 0 spiro atoms. The molecular formula is C27H32FN7O2. The van der Waals surface area contributed by atoms with Crippen molar-refractivity contribution in [1.82, 2.24) is 29.7 Å². The molecule has 37 heavy (non-hydrogen) atoms. The highest BCUT2D eigenvalue weighted by Gasteiger charge is 2.40. The molecule has 1 aliphatic heterocycles. The average molecular weight is 506 g/mol. The first-order valence-electron chi connectivity index (χ1n) is 12.2. The highest BCUT2D eigenvalue weighted by Crippen LogP contribution is 2.27. The summed E-state index contributed by atoms with van der Waals surface area (Å²) in [6.07, 6.45) is 5.74. The molecule has 4 aromatic rings. The first-order valence-corrected chi connectivity index (χ1v) is 12.2. The average Bonchev–Trinajstić information content (AvgIpc) is 3.54. The van der Waals surface area contributed by atoms with E-state index in [-0.39, 0.29) is 17.6 Å². The van der Waals surface area contributed by atoms with Crippen LogP contribution in [0.15, 0.2) is 42.9 Å². The number of H-pyrrole nitrogens is 1. The maximum atomic E-state index is 13.4. The SMILES string of the molecule is CN1CCN(c2cn[nH]c2)C(=O)C1(C)C.Cc1cc(-c2cc(C(C)C)c3nc(C=O)cn3n2)ccc1F. The van der Waals surface area contributed by atoms with Crippen LogP contribution in [0.4, 0.5) is 10.1 Å². The summed E-state index contributed by atoms with van der Waals surface area (Å²) in [5.41, 5.74) is 4.58. The van der Waals surface area contributed by atoms with E-state index in [1.165, 1.54) is 6.07 Å². The highest BCUT2D eigenvalue weighted by atomic mass is 19.1. The van der Waals surface area contributed by atoms with E-state index in [1.807, 2.05) is 27.0 Å². The smallest absolute Gasteiger partial charge is 0.247 e. The molecule has 10 heteroatoms. The number of aldehydes is 1. The number of benzene rings is 1. The number of aryl methyl sites for hydroxylation is 1. The topological polar surface area (TPSA) is 99.5 Å². The number of aromatic nitrogens is 5. The number of rotatable bonds is 4. The zero-order valence-corrected chi connectivity index (χ0v) is 22.0. The zero-order chi connectivity index (χ0) is 26.9. The van der Waals surface area contributed by atoms with Crippen LogP contribution in [0.25, 0.3) is 16.9 Å². The quantitative estimate of drug-likeness (QED) is 0.417. The third kappa shape index (κ3) is 5.15. The van der Waals surface area contributed by atoms with Gasteiger partial charge in [0.2, 0.25) is 5.91 Å². The molecule has 0 saturated carbocycles. The molecule has 1 amide bonds. The van der Waals surface area contributed by atoms with Gasteiger partial charge >= 0.3 is 0 Å². The molecule has 0 bridgehead atoms. The number of amides is 1. The highest BCUT2D eigenvalue weighted by molar-refractivity contribution is 6.00. The maximum Gasteiger partial charge on any atom is 0.247 e. The van der Waals surface area contributed by atoms with Crippen molar-refractivity contribution >= 4 is 23.5 Å². The van der Waals surface area contributed by atoms with Crippen LogP contribution in [0.3, 0.4) is 0 Å². The van der Waals surface area contributed by atoms with Crippen LogP contribution >= 0.6 is 0 Å². The monoisotopic (exact) mass is 505 g/mol. The van der Waals surface area contributed by atoms with Gasteiger partial charge in [0, 0.05) is 30.4 Å². The van der Waals surface area contributed by atoms with Crippen molar-refractivity contribution in [1.29, 1.82) is 0 Å². The molecule has 3 aromatic heterocycles. The van der Waals surface area contributed by atoms with E-state index in [4.69, 9.17) is 0 Å². The van der Waals surface area contributed by atoms with Gasteiger partial charge in [-0.05, 0) is 63.6 Å². The fourth-order valence-corrected chi connectivity index (χ4v) is 4.21. The van der Waals surface area contributed by atoms with E-state index >= 15 is 0 Å². The first kappa shape index (κ1) is 26.2. The number of piperazine rings is 1. The normalized spacial score (nSPS) is 15.7. The fraction of sp³-hybridized carbons (Fsp3) is 0.370. The number of hydrogen-bond donors (Lipinski definition) is 1. The summed E-state index contributed by atoms with van der Waals surface area (Å²) < 4.78 is 15.1. The van der Waals surface area contributed by atoms with E-state index in [9.17, 15) is 14.0 Å². The summed E-state index contributed by atoms with van der Waals surface area (Å²) in [5, 5.41) is 11.1. The summed E-state index contributed by atoms with van der Waals surface area (Å²) >= 11 is 0. The minimum absolute atomic E-state index is 0.123.